The highest BCUT2D eigenvalue weighted by atomic mass is 16.6. The zero-order chi connectivity index (χ0) is 19.5. The number of carbonyl (C=O) groups excluding carboxylic acids is 2. The number of hydrogen-bond donors (Lipinski definition) is 1. The maximum absolute atomic E-state index is 12.2. The number of fused-ring (bicyclic) bond motifs is 2. The van der Waals surface area contributed by atoms with E-state index in [2.05, 4.69) is 10.3 Å². The molecule has 8 heteroatoms. The zero-order valence-electron chi connectivity index (χ0n) is 15.7. The van der Waals surface area contributed by atoms with Crippen molar-refractivity contribution in [2.24, 2.45) is 0 Å². The summed E-state index contributed by atoms with van der Waals surface area (Å²) in [6.45, 7) is 3.06. The maximum Gasteiger partial charge on any atom is 0.242 e. The van der Waals surface area contributed by atoms with Crippen LogP contribution in [0, 0.1) is 0 Å². The van der Waals surface area contributed by atoms with Crippen molar-refractivity contribution in [3.63, 3.8) is 0 Å². The third kappa shape index (κ3) is 4.07. The van der Waals surface area contributed by atoms with Crippen molar-refractivity contribution in [1.82, 2.24) is 15.2 Å². The molecule has 0 saturated carbocycles. The van der Waals surface area contributed by atoms with E-state index < -0.39 is 0 Å². The van der Waals surface area contributed by atoms with Crippen LogP contribution in [0.3, 0.4) is 0 Å². The van der Waals surface area contributed by atoms with Gasteiger partial charge in [0.2, 0.25) is 11.8 Å². The lowest BCUT2D eigenvalue weighted by atomic mass is 10.1. The summed E-state index contributed by atoms with van der Waals surface area (Å²) < 4.78 is 18.1. The lowest BCUT2D eigenvalue weighted by Crippen LogP contribution is -2.39. The first-order valence-corrected chi connectivity index (χ1v) is 9.35. The number of benzene rings is 1. The Kier molecular flexibility index (Phi) is 5.40. The number of ether oxygens (including phenoxy) is 3. The summed E-state index contributed by atoms with van der Waals surface area (Å²) in [5.41, 5.74) is 0. The Hall–Kier alpha value is -2.71. The van der Waals surface area contributed by atoms with Crippen LogP contribution in [0.25, 0.3) is 10.8 Å². The molecule has 1 aromatic heterocycles. The summed E-state index contributed by atoms with van der Waals surface area (Å²) in [5, 5.41) is 4.54. The Labute approximate surface area is 162 Å². The minimum absolute atomic E-state index is 0.00352. The SMILES string of the molecule is CC(=O)NCC(=O)N1C[C@@H]2OCC(Oc3cccc4cnccc34)CO[C@H]2C1. The summed E-state index contributed by atoms with van der Waals surface area (Å²) in [5.74, 6) is 0.419. The Morgan fingerprint density at radius 1 is 1.21 bits per heavy atom. The second-order valence-corrected chi connectivity index (χ2v) is 7.04. The van der Waals surface area contributed by atoms with Gasteiger partial charge in [0, 0.05) is 43.2 Å². The number of aromatic nitrogens is 1. The van der Waals surface area contributed by atoms with E-state index in [0.29, 0.717) is 26.3 Å². The van der Waals surface area contributed by atoms with E-state index in [-0.39, 0.29) is 36.7 Å². The molecule has 0 bridgehead atoms. The molecule has 2 aromatic rings. The van der Waals surface area contributed by atoms with Crippen LogP contribution in [0.15, 0.2) is 36.7 Å². The van der Waals surface area contributed by atoms with E-state index in [9.17, 15) is 9.59 Å². The van der Waals surface area contributed by atoms with Crippen LogP contribution in [-0.4, -0.2) is 72.9 Å². The molecular formula is C20H23N3O5. The predicted molar refractivity (Wildman–Crippen MR) is 101 cm³/mol. The molecule has 1 N–H and O–H groups in total. The fourth-order valence-electron chi connectivity index (χ4n) is 3.53. The number of nitrogens with zero attached hydrogens (tertiary/aromatic N) is 2. The second kappa shape index (κ2) is 8.12. The molecule has 2 atom stereocenters. The van der Waals surface area contributed by atoms with Crippen LogP contribution >= 0.6 is 0 Å². The van der Waals surface area contributed by atoms with Gasteiger partial charge in [-0.05, 0) is 12.1 Å². The minimum atomic E-state index is -0.229. The molecule has 2 aliphatic heterocycles. The molecule has 3 heterocycles. The topological polar surface area (TPSA) is 90.0 Å². The van der Waals surface area contributed by atoms with Gasteiger partial charge in [0.05, 0.1) is 19.8 Å². The van der Waals surface area contributed by atoms with E-state index >= 15 is 0 Å². The number of likely N-dealkylation sites (tertiary alicyclic amines) is 1. The maximum atomic E-state index is 12.2. The highest BCUT2D eigenvalue weighted by molar-refractivity contribution is 5.87. The molecule has 0 spiro atoms. The molecule has 148 valence electrons. The highest BCUT2D eigenvalue weighted by Gasteiger charge is 2.39. The molecule has 2 amide bonds. The van der Waals surface area contributed by atoms with Gasteiger partial charge in [-0.15, -0.1) is 0 Å². The number of hydrogen-bond acceptors (Lipinski definition) is 6. The Bertz CT molecular complexity index is 853. The average molecular weight is 385 g/mol. The van der Waals surface area contributed by atoms with Gasteiger partial charge >= 0.3 is 0 Å². The molecule has 0 radical (unpaired) electrons. The van der Waals surface area contributed by atoms with Crippen LogP contribution in [-0.2, 0) is 19.1 Å². The van der Waals surface area contributed by atoms with Gasteiger partial charge in [-0.2, -0.15) is 0 Å². The van der Waals surface area contributed by atoms with Crippen molar-refractivity contribution < 1.29 is 23.8 Å². The largest absolute Gasteiger partial charge is 0.485 e. The molecule has 8 nitrogen and oxygen atoms in total. The normalized spacial score (nSPS) is 22.5. The standard InChI is InChI=1S/C20H23N3O5/c1-13(24)22-8-20(25)23-9-18-19(10-23)27-12-15(11-26-18)28-17-4-2-3-14-7-21-6-5-16(14)17/h2-7,15,18-19H,8-12H2,1H3,(H,22,24)/t18-,19-/m0/s1. The van der Waals surface area contributed by atoms with Crippen molar-refractivity contribution in [2.45, 2.75) is 25.2 Å². The van der Waals surface area contributed by atoms with Gasteiger partial charge < -0.3 is 24.4 Å². The predicted octanol–water partition coefficient (Wildman–Crippen LogP) is 0.745. The lowest BCUT2D eigenvalue weighted by molar-refractivity contribution is -0.132. The van der Waals surface area contributed by atoms with Gasteiger partial charge in [0.15, 0.2) is 0 Å². The molecule has 1 aromatic carbocycles. The van der Waals surface area contributed by atoms with E-state index in [0.717, 1.165) is 16.5 Å². The fourth-order valence-corrected chi connectivity index (χ4v) is 3.53. The van der Waals surface area contributed by atoms with E-state index in [1.807, 2.05) is 24.3 Å². The number of amides is 2. The Morgan fingerprint density at radius 3 is 2.68 bits per heavy atom. The molecule has 2 saturated heterocycles. The number of nitrogens with one attached hydrogen (secondary N) is 1. The Morgan fingerprint density at radius 2 is 1.96 bits per heavy atom. The van der Waals surface area contributed by atoms with Crippen LogP contribution in [0.1, 0.15) is 6.92 Å². The van der Waals surface area contributed by atoms with Crippen LogP contribution in [0.4, 0.5) is 0 Å². The smallest absolute Gasteiger partial charge is 0.242 e. The zero-order valence-corrected chi connectivity index (χ0v) is 15.7. The van der Waals surface area contributed by atoms with Crippen LogP contribution in [0.5, 0.6) is 5.75 Å². The van der Waals surface area contributed by atoms with E-state index in [1.165, 1.54) is 6.92 Å². The molecule has 28 heavy (non-hydrogen) atoms. The van der Waals surface area contributed by atoms with Crippen molar-refractivity contribution in [2.75, 3.05) is 32.8 Å². The summed E-state index contributed by atoms with van der Waals surface area (Å²) in [6.07, 6.45) is 2.94. The van der Waals surface area contributed by atoms with Gasteiger partial charge in [0.1, 0.15) is 24.1 Å². The number of pyridine rings is 1. The van der Waals surface area contributed by atoms with E-state index in [4.69, 9.17) is 14.2 Å². The minimum Gasteiger partial charge on any atom is -0.485 e. The molecule has 0 aliphatic carbocycles. The quantitative estimate of drug-likeness (QED) is 0.835. The average Bonchev–Trinajstić information content (AvgIpc) is 3.02. The van der Waals surface area contributed by atoms with Crippen molar-refractivity contribution in [1.29, 1.82) is 0 Å². The summed E-state index contributed by atoms with van der Waals surface area (Å²) in [4.78, 5) is 29.0. The third-order valence-electron chi connectivity index (χ3n) is 4.98. The molecule has 4 rings (SSSR count). The van der Waals surface area contributed by atoms with Crippen molar-refractivity contribution in [3.05, 3.63) is 36.7 Å². The lowest BCUT2D eigenvalue weighted by Gasteiger charge is -2.20. The highest BCUT2D eigenvalue weighted by Crippen LogP contribution is 2.27. The Balaban J connectivity index is 1.35. The van der Waals surface area contributed by atoms with E-state index in [1.54, 1.807) is 17.3 Å². The number of carbonyl (C=O) groups is 2. The van der Waals surface area contributed by atoms with Gasteiger partial charge in [0.25, 0.3) is 0 Å². The molecule has 2 fully saturated rings. The second-order valence-electron chi connectivity index (χ2n) is 7.04. The first-order valence-electron chi connectivity index (χ1n) is 9.35. The monoisotopic (exact) mass is 385 g/mol. The summed E-state index contributed by atoms with van der Waals surface area (Å²) in [6, 6.07) is 7.78. The van der Waals surface area contributed by atoms with Gasteiger partial charge in [-0.3, -0.25) is 14.6 Å². The van der Waals surface area contributed by atoms with Crippen molar-refractivity contribution >= 4 is 22.6 Å². The third-order valence-corrected chi connectivity index (χ3v) is 4.98. The van der Waals surface area contributed by atoms with Crippen LogP contribution < -0.4 is 10.1 Å². The number of rotatable bonds is 4. The first kappa shape index (κ1) is 18.6. The first-order chi connectivity index (χ1) is 13.6. The van der Waals surface area contributed by atoms with Gasteiger partial charge in [-0.25, -0.2) is 0 Å². The molecule has 2 aliphatic rings. The fraction of sp³-hybridized carbons (Fsp3) is 0.450. The molecular weight excluding hydrogens is 362 g/mol. The summed E-state index contributed by atoms with van der Waals surface area (Å²) >= 11 is 0. The van der Waals surface area contributed by atoms with Gasteiger partial charge in [-0.1, -0.05) is 12.1 Å². The molecule has 0 unspecified atom stereocenters. The summed E-state index contributed by atoms with van der Waals surface area (Å²) in [7, 11) is 0. The van der Waals surface area contributed by atoms with Crippen LogP contribution in [0.2, 0.25) is 0 Å². The van der Waals surface area contributed by atoms with Crippen molar-refractivity contribution in [3.8, 4) is 5.75 Å².